The Hall–Kier alpha value is 0.0300. The number of hydrogen-bond acceptors (Lipinski definition) is 4. The lowest BCUT2D eigenvalue weighted by atomic mass is 9.83. The van der Waals surface area contributed by atoms with Crippen LogP contribution in [0.2, 0.25) is 0 Å². The Labute approximate surface area is 95.7 Å². The first-order valence-corrected chi connectivity index (χ1v) is 6.35. The van der Waals surface area contributed by atoms with Gasteiger partial charge in [-0.2, -0.15) is 0 Å². The summed E-state index contributed by atoms with van der Waals surface area (Å²) in [5, 5.41) is 16.5. The average molecular weight is 277 g/mol. The third-order valence-corrected chi connectivity index (χ3v) is 4.51. The zero-order valence-electron chi connectivity index (χ0n) is 7.96. The monoisotopic (exact) mass is 276 g/mol. The molecule has 1 fully saturated rings. The maximum Gasteiger partial charge on any atom is 0.126 e. The Morgan fingerprint density at radius 1 is 1.79 bits per heavy atom. The van der Waals surface area contributed by atoms with Gasteiger partial charge in [-0.25, -0.2) is 4.98 Å². The molecule has 1 aromatic rings. The molecule has 0 aromatic carbocycles. The molecule has 2 rings (SSSR count). The van der Waals surface area contributed by atoms with Crippen LogP contribution >= 0.6 is 27.3 Å². The maximum atomic E-state index is 10.5. The summed E-state index contributed by atoms with van der Waals surface area (Å²) in [7, 11) is 0. The van der Waals surface area contributed by atoms with Gasteiger partial charge in [-0.3, -0.25) is 0 Å². The molecule has 14 heavy (non-hydrogen) atoms. The molecule has 2 N–H and O–H groups in total. The van der Waals surface area contributed by atoms with Crippen LogP contribution in [0.15, 0.2) is 9.98 Å². The van der Waals surface area contributed by atoms with Gasteiger partial charge in [-0.1, -0.05) is 6.92 Å². The van der Waals surface area contributed by atoms with E-state index in [0.717, 1.165) is 29.1 Å². The highest BCUT2D eigenvalue weighted by molar-refractivity contribution is 9.10. The minimum atomic E-state index is -0.734. The molecule has 2 unspecified atom stereocenters. The van der Waals surface area contributed by atoms with E-state index in [0.29, 0.717) is 0 Å². The van der Waals surface area contributed by atoms with Crippen LogP contribution in [-0.4, -0.2) is 23.2 Å². The Morgan fingerprint density at radius 3 is 3.14 bits per heavy atom. The number of thiazole rings is 1. The number of aromatic nitrogens is 1. The van der Waals surface area contributed by atoms with E-state index in [2.05, 4.69) is 33.2 Å². The van der Waals surface area contributed by atoms with Crippen molar-refractivity contribution in [3.8, 4) is 0 Å². The summed E-state index contributed by atoms with van der Waals surface area (Å²) in [5.41, 5.74) is -0.734. The lowest BCUT2D eigenvalue weighted by molar-refractivity contribution is -0.0394. The lowest BCUT2D eigenvalue weighted by Gasteiger charge is -2.36. The summed E-state index contributed by atoms with van der Waals surface area (Å²) >= 11 is 4.84. The summed E-state index contributed by atoms with van der Waals surface area (Å²) < 4.78 is 0.816. The van der Waals surface area contributed by atoms with Crippen molar-refractivity contribution < 1.29 is 5.11 Å². The third-order valence-electron chi connectivity index (χ3n) is 2.80. The van der Waals surface area contributed by atoms with Gasteiger partial charge in [-0.05, 0) is 28.9 Å². The fraction of sp³-hybridized carbons (Fsp3) is 0.667. The van der Waals surface area contributed by atoms with Crippen LogP contribution in [0.4, 0.5) is 0 Å². The summed E-state index contributed by atoms with van der Waals surface area (Å²) in [6, 6.07) is 0. The Bertz CT molecular complexity index is 330. The first-order chi connectivity index (χ1) is 6.63. The highest BCUT2D eigenvalue weighted by atomic mass is 79.9. The Balaban J connectivity index is 2.29. The highest BCUT2D eigenvalue weighted by Crippen LogP contribution is 2.37. The van der Waals surface area contributed by atoms with Crippen LogP contribution in [0.3, 0.4) is 0 Å². The molecule has 0 bridgehead atoms. The van der Waals surface area contributed by atoms with Crippen molar-refractivity contribution in [1.82, 2.24) is 10.3 Å². The minimum absolute atomic E-state index is 0.217. The van der Waals surface area contributed by atoms with Crippen LogP contribution < -0.4 is 5.32 Å². The van der Waals surface area contributed by atoms with E-state index in [1.54, 1.807) is 0 Å². The Kier molecular flexibility index (Phi) is 2.93. The van der Waals surface area contributed by atoms with Crippen LogP contribution in [-0.2, 0) is 5.60 Å². The van der Waals surface area contributed by atoms with Gasteiger partial charge in [0, 0.05) is 17.8 Å². The largest absolute Gasteiger partial charge is 0.382 e. The van der Waals surface area contributed by atoms with E-state index in [9.17, 15) is 5.11 Å². The minimum Gasteiger partial charge on any atom is -0.382 e. The SMILES string of the molecule is CC1CNCCC1(O)c1nc(Br)cs1. The molecule has 0 radical (unpaired) electrons. The van der Waals surface area contributed by atoms with Crippen molar-refractivity contribution >= 4 is 27.3 Å². The molecule has 1 aromatic heterocycles. The third kappa shape index (κ3) is 1.74. The summed E-state index contributed by atoms with van der Waals surface area (Å²) in [4.78, 5) is 4.31. The van der Waals surface area contributed by atoms with Crippen molar-refractivity contribution in [3.05, 3.63) is 15.0 Å². The van der Waals surface area contributed by atoms with Crippen molar-refractivity contribution in [3.63, 3.8) is 0 Å². The predicted molar refractivity (Wildman–Crippen MR) is 60.4 cm³/mol. The van der Waals surface area contributed by atoms with Crippen molar-refractivity contribution in [2.75, 3.05) is 13.1 Å². The summed E-state index contributed by atoms with van der Waals surface area (Å²) in [5.74, 6) is 0.217. The number of piperidine rings is 1. The van der Waals surface area contributed by atoms with Gasteiger partial charge >= 0.3 is 0 Å². The molecule has 1 aliphatic rings. The van der Waals surface area contributed by atoms with Gasteiger partial charge in [0.15, 0.2) is 0 Å². The first kappa shape index (κ1) is 10.5. The second kappa shape index (κ2) is 3.89. The van der Waals surface area contributed by atoms with Gasteiger partial charge in [-0.15, -0.1) is 11.3 Å². The fourth-order valence-corrected chi connectivity index (χ4v) is 3.28. The molecule has 0 spiro atoms. The van der Waals surface area contributed by atoms with Crippen LogP contribution in [0.1, 0.15) is 18.4 Å². The van der Waals surface area contributed by atoms with Crippen molar-refractivity contribution in [2.24, 2.45) is 5.92 Å². The number of aliphatic hydroxyl groups is 1. The number of nitrogens with zero attached hydrogens (tertiary/aromatic N) is 1. The van der Waals surface area contributed by atoms with Gasteiger partial charge in [0.25, 0.3) is 0 Å². The van der Waals surface area contributed by atoms with E-state index >= 15 is 0 Å². The first-order valence-electron chi connectivity index (χ1n) is 4.67. The van der Waals surface area contributed by atoms with Gasteiger partial charge in [0.2, 0.25) is 0 Å². The molecule has 0 aliphatic carbocycles. The Morgan fingerprint density at radius 2 is 2.57 bits per heavy atom. The number of hydrogen-bond donors (Lipinski definition) is 2. The molecule has 3 nitrogen and oxygen atoms in total. The van der Waals surface area contributed by atoms with Crippen LogP contribution in [0.25, 0.3) is 0 Å². The second-order valence-electron chi connectivity index (χ2n) is 3.75. The second-order valence-corrected chi connectivity index (χ2v) is 5.43. The van der Waals surface area contributed by atoms with Crippen LogP contribution in [0.5, 0.6) is 0 Å². The van der Waals surface area contributed by atoms with Gasteiger partial charge in [0.05, 0.1) is 0 Å². The quantitative estimate of drug-likeness (QED) is 0.821. The molecule has 2 atom stereocenters. The zero-order valence-corrected chi connectivity index (χ0v) is 10.4. The number of rotatable bonds is 1. The predicted octanol–water partition coefficient (Wildman–Crippen LogP) is 1.72. The molecule has 0 saturated carbocycles. The fourth-order valence-electron chi connectivity index (χ4n) is 1.78. The smallest absolute Gasteiger partial charge is 0.126 e. The van der Waals surface area contributed by atoms with Crippen molar-refractivity contribution in [2.45, 2.75) is 18.9 Å². The summed E-state index contributed by atoms with van der Waals surface area (Å²) in [6.07, 6.45) is 0.744. The molecule has 1 aliphatic heterocycles. The molecular formula is C9H13BrN2OS. The number of nitrogens with one attached hydrogen (secondary N) is 1. The molecular weight excluding hydrogens is 264 g/mol. The standard InChI is InChI=1S/C9H13BrN2OS/c1-6-4-11-3-2-9(6,13)8-12-7(10)5-14-8/h5-6,11,13H,2-4H2,1H3. The molecule has 2 heterocycles. The van der Waals surface area contributed by atoms with E-state index in [1.165, 1.54) is 11.3 Å². The van der Waals surface area contributed by atoms with Gasteiger partial charge < -0.3 is 10.4 Å². The molecule has 5 heteroatoms. The molecule has 78 valence electrons. The van der Waals surface area contributed by atoms with Crippen LogP contribution in [0, 0.1) is 5.92 Å². The number of halogens is 1. The average Bonchev–Trinajstić information content (AvgIpc) is 2.58. The van der Waals surface area contributed by atoms with E-state index < -0.39 is 5.60 Å². The summed E-state index contributed by atoms with van der Waals surface area (Å²) in [6.45, 7) is 3.77. The highest BCUT2D eigenvalue weighted by Gasteiger charge is 2.40. The van der Waals surface area contributed by atoms with Crippen molar-refractivity contribution in [1.29, 1.82) is 0 Å². The maximum absolute atomic E-state index is 10.5. The van der Waals surface area contributed by atoms with Gasteiger partial charge in [0.1, 0.15) is 15.2 Å². The zero-order chi connectivity index (χ0) is 10.2. The molecule has 1 saturated heterocycles. The van der Waals surface area contributed by atoms with E-state index in [1.807, 2.05) is 5.38 Å². The van der Waals surface area contributed by atoms with E-state index in [4.69, 9.17) is 0 Å². The van der Waals surface area contributed by atoms with E-state index in [-0.39, 0.29) is 5.92 Å². The molecule has 0 amide bonds. The lowest BCUT2D eigenvalue weighted by Crippen LogP contribution is -2.46. The normalized spacial score (nSPS) is 33.2. The topological polar surface area (TPSA) is 45.1 Å².